The SMILES string of the molecule is NC(=O)CC(NC(=O)CNC(=O)C(N)Cc1c[nH]c2ccccc12)C(=O)NC(Cc1c[nH]c2ccccc12)C(=O)O. The van der Waals surface area contributed by atoms with Gasteiger partial charge < -0.3 is 42.5 Å². The van der Waals surface area contributed by atoms with Gasteiger partial charge in [0.1, 0.15) is 12.1 Å². The van der Waals surface area contributed by atoms with E-state index < -0.39 is 60.7 Å². The number of hydrogen-bond donors (Lipinski definition) is 8. The monoisotopic (exact) mass is 561 g/mol. The first-order chi connectivity index (χ1) is 19.6. The van der Waals surface area contributed by atoms with Gasteiger partial charge in [0.05, 0.1) is 19.0 Å². The number of hydrogen-bond acceptors (Lipinski definition) is 6. The summed E-state index contributed by atoms with van der Waals surface area (Å²) in [6, 6.07) is 11.1. The zero-order chi connectivity index (χ0) is 29.5. The van der Waals surface area contributed by atoms with Crippen molar-refractivity contribution in [1.82, 2.24) is 25.9 Å². The standard InChI is InChI=1S/C28H31N7O6/c29-19(9-15-12-31-20-7-3-1-5-17(15)20)26(38)33-14-25(37)34-22(11-24(30)36)27(39)35-23(28(40)41)10-16-13-32-21-8-4-2-6-18(16)21/h1-8,12-13,19,22-23,31-32H,9-11,14,29H2,(H2,30,36)(H,33,38)(H,34,37)(H,35,39)(H,40,41). The fourth-order valence-electron chi connectivity index (χ4n) is 4.58. The summed E-state index contributed by atoms with van der Waals surface area (Å²) in [5.41, 5.74) is 14.5. The molecule has 0 aliphatic carbocycles. The molecule has 4 rings (SSSR count). The lowest BCUT2D eigenvalue weighted by Gasteiger charge is -2.21. The number of carboxylic acids is 1. The lowest BCUT2D eigenvalue weighted by Crippen LogP contribution is -2.55. The number of aromatic amines is 2. The maximum atomic E-state index is 12.9. The molecule has 0 bridgehead atoms. The van der Waals surface area contributed by atoms with Crippen LogP contribution >= 0.6 is 0 Å². The van der Waals surface area contributed by atoms with E-state index in [1.807, 2.05) is 42.5 Å². The Hall–Kier alpha value is -5.17. The van der Waals surface area contributed by atoms with Gasteiger partial charge in [0.2, 0.25) is 23.6 Å². The molecule has 41 heavy (non-hydrogen) atoms. The summed E-state index contributed by atoms with van der Waals surface area (Å²) in [6.45, 7) is -0.527. The zero-order valence-electron chi connectivity index (χ0n) is 22.0. The van der Waals surface area contributed by atoms with Crippen molar-refractivity contribution in [2.75, 3.05) is 6.54 Å². The average molecular weight is 562 g/mol. The number of amides is 4. The fourth-order valence-corrected chi connectivity index (χ4v) is 4.58. The Morgan fingerprint density at radius 2 is 1.34 bits per heavy atom. The third kappa shape index (κ3) is 7.28. The highest BCUT2D eigenvalue weighted by Gasteiger charge is 2.29. The Morgan fingerprint density at radius 3 is 1.90 bits per heavy atom. The number of carboxylic acid groups (broad SMARTS) is 1. The van der Waals surface area contributed by atoms with E-state index >= 15 is 0 Å². The average Bonchev–Trinajstić information content (AvgIpc) is 3.54. The second-order valence-electron chi connectivity index (χ2n) is 9.64. The second-order valence-corrected chi connectivity index (χ2v) is 9.64. The van der Waals surface area contributed by atoms with Crippen LogP contribution in [0.25, 0.3) is 21.8 Å². The number of H-pyrrole nitrogens is 2. The first-order valence-electron chi connectivity index (χ1n) is 12.9. The van der Waals surface area contributed by atoms with Crippen LogP contribution in [0.3, 0.4) is 0 Å². The normalized spacial score (nSPS) is 13.3. The number of fused-ring (bicyclic) bond motifs is 2. The first kappa shape index (κ1) is 28.8. The van der Waals surface area contributed by atoms with E-state index in [4.69, 9.17) is 11.5 Å². The predicted molar refractivity (Wildman–Crippen MR) is 150 cm³/mol. The smallest absolute Gasteiger partial charge is 0.326 e. The van der Waals surface area contributed by atoms with Gasteiger partial charge in [0.25, 0.3) is 0 Å². The van der Waals surface area contributed by atoms with E-state index in [9.17, 15) is 29.1 Å². The molecule has 4 aromatic rings. The van der Waals surface area contributed by atoms with E-state index in [-0.39, 0.29) is 12.8 Å². The van der Waals surface area contributed by atoms with Crippen molar-refractivity contribution in [3.05, 3.63) is 72.1 Å². The van der Waals surface area contributed by atoms with E-state index in [2.05, 4.69) is 25.9 Å². The Kier molecular flexibility index (Phi) is 8.99. The van der Waals surface area contributed by atoms with Crippen molar-refractivity contribution in [1.29, 1.82) is 0 Å². The van der Waals surface area contributed by atoms with Crippen molar-refractivity contribution in [3.63, 3.8) is 0 Å². The molecule has 4 amide bonds. The van der Waals surface area contributed by atoms with Gasteiger partial charge in [0, 0.05) is 40.6 Å². The molecule has 3 atom stereocenters. The lowest BCUT2D eigenvalue weighted by atomic mass is 10.0. The summed E-state index contributed by atoms with van der Waals surface area (Å²) >= 11 is 0. The van der Waals surface area contributed by atoms with E-state index in [0.717, 1.165) is 27.4 Å². The molecular weight excluding hydrogens is 530 g/mol. The lowest BCUT2D eigenvalue weighted by molar-refractivity contribution is -0.142. The Labute approximate surface area is 234 Å². The molecule has 2 aromatic carbocycles. The molecule has 2 aromatic heterocycles. The van der Waals surface area contributed by atoms with Crippen molar-refractivity contribution in [3.8, 4) is 0 Å². The molecule has 3 unspecified atom stereocenters. The minimum absolute atomic E-state index is 0.0489. The summed E-state index contributed by atoms with van der Waals surface area (Å²) in [5, 5.41) is 18.6. The van der Waals surface area contributed by atoms with E-state index in [1.54, 1.807) is 18.5 Å². The van der Waals surface area contributed by atoms with Gasteiger partial charge in [-0.15, -0.1) is 0 Å². The number of para-hydroxylation sites is 2. The summed E-state index contributed by atoms with van der Waals surface area (Å²) in [7, 11) is 0. The van der Waals surface area contributed by atoms with Crippen molar-refractivity contribution < 1.29 is 29.1 Å². The Morgan fingerprint density at radius 1 is 0.780 bits per heavy atom. The van der Waals surface area contributed by atoms with Crippen LogP contribution in [-0.2, 0) is 36.8 Å². The largest absolute Gasteiger partial charge is 0.480 e. The van der Waals surface area contributed by atoms with Crippen LogP contribution in [0, 0.1) is 0 Å². The fraction of sp³-hybridized carbons (Fsp3) is 0.250. The minimum Gasteiger partial charge on any atom is -0.480 e. The number of carbonyl (C=O) groups is 5. The van der Waals surface area contributed by atoms with Gasteiger partial charge in [0.15, 0.2) is 0 Å². The van der Waals surface area contributed by atoms with Crippen LogP contribution in [0.15, 0.2) is 60.9 Å². The maximum Gasteiger partial charge on any atom is 0.326 e. The van der Waals surface area contributed by atoms with E-state index in [1.165, 1.54) is 0 Å². The number of aliphatic carboxylic acids is 1. The van der Waals surface area contributed by atoms with Crippen LogP contribution in [0.2, 0.25) is 0 Å². The topological polar surface area (TPSA) is 225 Å². The van der Waals surface area contributed by atoms with Gasteiger partial charge in [-0.25, -0.2) is 4.79 Å². The van der Waals surface area contributed by atoms with Crippen LogP contribution in [-0.4, -0.2) is 69.3 Å². The number of nitrogens with one attached hydrogen (secondary N) is 5. The third-order valence-electron chi connectivity index (χ3n) is 6.65. The molecule has 0 spiro atoms. The summed E-state index contributed by atoms with van der Waals surface area (Å²) in [5.74, 6) is -4.48. The maximum absolute atomic E-state index is 12.9. The van der Waals surface area contributed by atoms with Crippen molar-refractivity contribution >= 4 is 51.4 Å². The van der Waals surface area contributed by atoms with Crippen LogP contribution in [0.4, 0.5) is 0 Å². The second kappa shape index (κ2) is 12.8. The number of benzene rings is 2. The summed E-state index contributed by atoms with van der Waals surface area (Å²) < 4.78 is 0. The molecule has 0 aliphatic heterocycles. The van der Waals surface area contributed by atoms with Crippen LogP contribution in [0.1, 0.15) is 17.5 Å². The van der Waals surface area contributed by atoms with Gasteiger partial charge in [-0.3, -0.25) is 19.2 Å². The predicted octanol–water partition coefficient (Wildman–Crippen LogP) is -0.192. The molecule has 0 aliphatic rings. The molecule has 10 N–H and O–H groups in total. The third-order valence-corrected chi connectivity index (χ3v) is 6.65. The number of rotatable bonds is 13. The molecule has 0 fully saturated rings. The highest BCUT2D eigenvalue weighted by molar-refractivity contribution is 5.95. The summed E-state index contributed by atoms with van der Waals surface area (Å²) in [4.78, 5) is 67.7. The molecule has 0 radical (unpaired) electrons. The number of carbonyl (C=O) groups excluding carboxylic acids is 4. The highest BCUT2D eigenvalue weighted by Crippen LogP contribution is 2.20. The minimum atomic E-state index is -1.46. The summed E-state index contributed by atoms with van der Waals surface area (Å²) in [6.07, 6.45) is 3.01. The van der Waals surface area contributed by atoms with Gasteiger partial charge in [-0.2, -0.15) is 0 Å². The Bertz CT molecular complexity index is 1590. The zero-order valence-corrected chi connectivity index (χ0v) is 22.0. The first-order valence-corrected chi connectivity index (χ1v) is 12.9. The molecule has 0 saturated carbocycles. The molecular formula is C28H31N7O6. The Balaban J connectivity index is 1.33. The molecule has 13 nitrogen and oxygen atoms in total. The van der Waals surface area contributed by atoms with E-state index in [0.29, 0.717) is 5.56 Å². The molecule has 0 saturated heterocycles. The van der Waals surface area contributed by atoms with Gasteiger partial charge >= 0.3 is 5.97 Å². The van der Waals surface area contributed by atoms with Crippen molar-refractivity contribution in [2.24, 2.45) is 11.5 Å². The molecule has 214 valence electrons. The molecule has 13 heteroatoms. The highest BCUT2D eigenvalue weighted by atomic mass is 16.4. The number of aromatic nitrogens is 2. The van der Waals surface area contributed by atoms with Crippen LogP contribution < -0.4 is 27.4 Å². The van der Waals surface area contributed by atoms with Crippen molar-refractivity contribution in [2.45, 2.75) is 37.4 Å². The van der Waals surface area contributed by atoms with Gasteiger partial charge in [-0.1, -0.05) is 36.4 Å². The number of primary amides is 1. The molecule has 2 heterocycles. The number of nitrogens with two attached hydrogens (primary N) is 2. The quantitative estimate of drug-likeness (QED) is 0.110. The van der Waals surface area contributed by atoms with Crippen LogP contribution in [0.5, 0.6) is 0 Å². The van der Waals surface area contributed by atoms with Gasteiger partial charge in [-0.05, 0) is 29.7 Å².